The minimum atomic E-state index is -0.333. The van der Waals surface area contributed by atoms with Crippen molar-refractivity contribution in [3.05, 3.63) is 49.2 Å². The molecule has 0 bridgehead atoms. The van der Waals surface area contributed by atoms with Crippen LogP contribution in [0, 0.1) is 6.92 Å². The van der Waals surface area contributed by atoms with Gasteiger partial charge in [-0.05, 0) is 53.7 Å². The average Bonchev–Trinajstić information content (AvgIpc) is 3.19. The van der Waals surface area contributed by atoms with E-state index in [4.69, 9.17) is 12.2 Å². The molecular formula is C14H10N2O2S4. The SMILES string of the molecule is Cc1ccsc1/C=C1\SC(=S)N(NC(=O)c2cccs2)C1=O. The molecule has 1 fully saturated rings. The predicted molar refractivity (Wildman–Crippen MR) is 95.9 cm³/mol. The van der Waals surface area contributed by atoms with Crippen LogP contribution >= 0.6 is 46.7 Å². The lowest BCUT2D eigenvalue weighted by molar-refractivity contribution is -0.123. The number of thiocarbonyl (C=S) groups is 1. The quantitative estimate of drug-likeness (QED) is 0.665. The van der Waals surface area contributed by atoms with Gasteiger partial charge in [-0.2, -0.15) is 5.01 Å². The van der Waals surface area contributed by atoms with Crippen molar-refractivity contribution in [2.45, 2.75) is 6.92 Å². The molecule has 112 valence electrons. The monoisotopic (exact) mass is 366 g/mol. The van der Waals surface area contributed by atoms with Gasteiger partial charge in [0.1, 0.15) is 0 Å². The van der Waals surface area contributed by atoms with E-state index in [1.807, 2.05) is 24.4 Å². The summed E-state index contributed by atoms with van der Waals surface area (Å²) in [6, 6.07) is 5.47. The van der Waals surface area contributed by atoms with Gasteiger partial charge in [-0.3, -0.25) is 15.0 Å². The Bertz CT molecular complexity index is 777. The maximum atomic E-state index is 12.4. The van der Waals surface area contributed by atoms with Gasteiger partial charge < -0.3 is 0 Å². The number of carbonyl (C=O) groups excluding carboxylic acids is 2. The Morgan fingerprint density at radius 2 is 2.14 bits per heavy atom. The van der Waals surface area contributed by atoms with E-state index in [1.54, 1.807) is 28.8 Å². The second-order valence-corrected chi connectivity index (χ2v) is 7.97. The molecule has 1 aliphatic rings. The lowest BCUT2D eigenvalue weighted by atomic mass is 10.3. The Kier molecular flexibility index (Phi) is 4.44. The van der Waals surface area contributed by atoms with Crippen LogP contribution in [0.2, 0.25) is 0 Å². The average molecular weight is 367 g/mol. The Hall–Kier alpha value is -1.48. The van der Waals surface area contributed by atoms with Crippen LogP contribution in [0.25, 0.3) is 6.08 Å². The molecule has 2 aromatic rings. The van der Waals surface area contributed by atoms with Crippen molar-refractivity contribution < 1.29 is 9.59 Å². The third-order valence-electron chi connectivity index (χ3n) is 2.92. The smallest absolute Gasteiger partial charge is 0.266 e. The first-order valence-corrected chi connectivity index (χ1v) is 9.21. The summed E-state index contributed by atoms with van der Waals surface area (Å²) >= 11 is 9.26. The molecule has 0 aliphatic carbocycles. The first kappa shape index (κ1) is 15.4. The van der Waals surface area contributed by atoms with Gasteiger partial charge in [-0.25, -0.2) is 0 Å². The molecule has 8 heteroatoms. The van der Waals surface area contributed by atoms with Gasteiger partial charge in [0.25, 0.3) is 11.8 Å². The molecule has 1 saturated heterocycles. The number of thioether (sulfide) groups is 1. The highest BCUT2D eigenvalue weighted by molar-refractivity contribution is 8.26. The molecule has 2 amide bonds. The molecular weight excluding hydrogens is 356 g/mol. The number of amides is 2. The first-order valence-electron chi connectivity index (χ1n) is 6.23. The standard InChI is InChI=1S/C14H10N2O2S4/c1-8-4-6-21-10(8)7-11-13(18)16(14(19)22-11)15-12(17)9-3-2-5-20-9/h2-7H,1H3,(H,15,17)/b11-7-. The minimum absolute atomic E-state index is 0.298. The van der Waals surface area contributed by atoms with Gasteiger partial charge in [0.15, 0.2) is 4.32 Å². The molecule has 3 heterocycles. The Balaban J connectivity index is 1.79. The van der Waals surface area contributed by atoms with Crippen molar-refractivity contribution in [1.29, 1.82) is 0 Å². The molecule has 22 heavy (non-hydrogen) atoms. The van der Waals surface area contributed by atoms with Crippen LogP contribution in [0.5, 0.6) is 0 Å². The minimum Gasteiger partial charge on any atom is -0.266 e. The molecule has 4 nitrogen and oxygen atoms in total. The van der Waals surface area contributed by atoms with E-state index in [1.165, 1.54) is 23.1 Å². The van der Waals surface area contributed by atoms with Crippen LogP contribution in [0.15, 0.2) is 33.9 Å². The fourth-order valence-electron chi connectivity index (χ4n) is 1.78. The van der Waals surface area contributed by atoms with Crippen molar-refractivity contribution in [2.24, 2.45) is 0 Å². The topological polar surface area (TPSA) is 49.4 Å². The molecule has 3 rings (SSSR count). The van der Waals surface area contributed by atoms with Crippen LogP contribution in [-0.2, 0) is 4.79 Å². The number of thiophene rings is 2. The number of hydrogen-bond donors (Lipinski definition) is 1. The second-order valence-electron chi connectivity index (χ2n) is 4.40. The van der Waals surface area contributed by atoms with Crippen LogP contribution in [0.4, 0.5) is 0 Å². The van der Waals surface area contributed by atoms with Gasteiger partial charge in [-0.15, -0.1) is 22.7 Å². The Morgan fingerprint density at radius 1 is 1.32 bits per heavy atom. The maximum absolute atomic E-state index is 12.4. The van der Waals surface area contributed by atoms with Gasteiger partial charge >= 0.3 is 0 Å². The third kappa shape index (κ3) is 3.00. The highest BCUT2D eigenvalue weighted by Crippen LogP contribution is 2.33. The number of rotatable bonds is 3. The summed E-state index contributed by atoms with van der Waals surface area (Å²) in [5.41, 5.74) is 3.67. The maximum Gasteiger partial charge on any atom is 0.285 e. The highest BCUT2D eigenvalue weighted by atomic mass is 32.2. The van der Waals surface area contributed by atoms with Crippen LogP contribution < -0.4 is 5.43 Å². The third-order valence-corrected chi connectivity index (χ3v) is 6.05. The van der Waals surface area contributed by atoms with Crippen molar-refractivity contribution >= 4 is 68.9 Å². The van der Waals surface area contributed by atoms with Crippen molar-refractivity contribution in [2.75, 3.05) is 0 Å². The molecule has 0 radical (unpaired) electrons. The van der Waals surface area contributed by atoms with E-state index in [0.29, 0.717) is 14.1 Å². The predicted octanol–water partition coefficient (Wildman–Crippen LogP) is 3.66. The number of nitrogens with zero attached hydrogens (tertiary/aromatic N) is 1. The highest BCUT2D eigenvalue weighted by Gasteiger charge is 2.34. The van der Waals surface area contributed by atoms with Crippen molar-refractivity contribution in [3.8, 4) is 0 Å². The molecule has 1 aliphatic heterocycles. The van der Waals surface area contributed by atoms with Crippen LogP contribution in [-0.4, -0.2) is 21.1 Å². The van der Waals surface area contributed by atoms with Gasteiger partial charge in [-0.1, -0.05) is 17.8 Å². The summed E-state index contributed by atoms with van der Waals surface area (Å²) in [5.74, 6) is -0.632. The van der Waals surface area contributed by atoms with E-state index in [0.717, 1.165) is 15.4 Å². The molecule has 0 unspecified atom stereocenters. The number of aryl methyl sites for hydroxylation is 1. The normalized spacial score (nSPS) is 16.6. The molecule has 1 N–H and O–H groups in total. The molecule has 2 aromatic heterocycles. The van der Waals surface area contributed by atoms with E-state index in [-0.39, 0.29) is 11.8 Å². The zero-order valence-electron chi connectivity index (χ0n) is 11.4. The van der Waals surface area contributed by atoms with Crippen molar-refractivity contribution in [1.82, 2.24) is 10.4 Å². The van der Waals surface area contributed by atoms with E-state index in [2.05, 4.69) is 5.43 Å². The summed E-state index contributed by atoms with van der Waals surface area (Å²) in [7, 11) is 0. The summed E-state index contributed by atoms with van der Waals surface area (Å²) in [6.07, 6.45) is 1.82. The largest absolute Gasteiger partial charge is 0.285 e. The summed E-state index contributed by atoms with van der Waals surface area (Å²) in [4.78, 5) is 26.5. The number of hydrogen-bond acceptors (Lipinski definition) is 6. The summed E-state index contributed by atoms with van der Waals surface area (Å²) in [5, 5.41) is 4.91. The fourth-order valence-corrected chi connectivity index (χ4v) is 4.49. The molecule has 0 saturated carbocycles. The lowest BCUT2D eigenvalue weighted by Crippen LogP contribution is -2.44. The Labute approximate surface area is 144 Å². The summed E-state index contributed by atoms with van der Waals surface area (Å²) in [6.45, 7) is 1.99. The van der Waals surface area contributed by atoms with Gasteiger partial charge in [0.05, 0.1) is 9.78 Å². The number of carbonyl (C=O) groups is 2. The zero-order chi connectivity index (χ0) is 15.7. The number of hydrazine groups is 1. The van der Waals surface area contributed by atoms with E-state index >= 15 is 0 Å². The van der Waals surface area contributed by atoms with Gasteiger partial charge in [0, 0.05) is 4.88 Å². The summed E-state index contributed by atoms with van der Waals surface area (Å²) < 4.78 is 0.329. The van der Waals surface area contributed by atoms with Crippen molar-refractivity contribution in [3.63, 3.8) is 0 Å². The van der Waals surface area contributed by atoms with Gasteiger partial charge in [0.2, 0.25) is 0 Å². The lowest BCUT2D eigenvalue weighted by Gasteiger charge is -2.14. The zero-order valence-corrected chi connectivity index (χ0v) is 14.6. The van der Waals surface area contributed by atoms with E-state index in [9.17, 15) is 9.59 Å². The first-order chi connectivity index (χ1) is 10.6. The Morgan fingerprint density at radius 3 is 2.77 bits per heavy atom. The molecule has 0 atom stereocenters. The van der Waals surface area contributed by atoms with E-state index < -0.39 is 0 Å². The second kappa shape index (κ2) is 6.33. The molecule has 0 aromatic carbocycles. The van der Waals surface area contributed by atoms with Crippen LogP contribution in [0.3, 0.4) is 0 Å². The fraction of sp³-hybridized carbons (Fsp3) is 0.0714. The molecule has 0 spiro atoms. The van der Waals surface area contributed by atoms with Crippen LogP contribution in [0.1, 0.15) is 20.1 Å². The number of nitrogens with one attached hydrogen (secondary N) is 1.